The van der Waals surface area contributed by atoms with Gasteiger partial charge in [0.25, 0.3) is 0 Å². The van der Waals surface area contributed by atoms with E-state index < -0.39 is 0 Å². The SMILES string of the molecule is CCCCCCCCOCOCC/C=C\C[CH2][Mg+].[Cl-]. The fourth-order valence-electron chi connectivity index (χ4n) is 1.67. The van der Waals surface area contributed by atoms with Crippen LogP contribution in [-0.4, -0.2) is 41.7 Å². The van der Waals surface area contributed by atoms with Gasteiger partial charge in [-0.2, -0.15) is 0 Å². The minimum absolute atomic E-state index is 0. The molecule has 4 heteroatoms. The van der Waals surface area contributed by atoms with Crippen molar-refractivity contribution in [3.8, 4) is 0 Å². The van der Waals surface area contributed by atoms with Crippen molar-refractivity contribution < 1.29 is 21.9 Å². The molecule has 2 nitrogen and oxygen atoms in total. The molecular weight excluding hydrogens is 272 g/mol. The van der Waals surface area contributed by atoms with Crippen LogP contribution in [-0.2, 0) is 9.47 Å². The van der Waals surface area contributed by atoms with Crippen LogP contribution in [0.2, 0.25) is 4.55 Å². The molecule has 0 saturated carbocycles. The fraction of sp³-hybridized carbons (Fsp3) is 0.867. The number of ether oxygens (including phenoxy) is 2. The van der Waals surface area contributed by atoms with Gasteiger partial charge in [0.1, 0.15) is 0 Å². The molecule has 0 aliphatic heterocycles. The zero-order valence-corrected chi connectivity index (χ0v) is 14.7. The monoisotopic (exact) mass is 300 g/mol. The number of unbranched alkanes of at least 4 members (excludes halogenated alkanes) is 5. The number of hydrogen-bond donors (Lipinski definition) is 0. The molecule has 0 spiro atoms. The van der Waals surface area contributed by atoms with E-state index >= 15 is 0 Å². The summed E-state index contributed by atoms with van der Waals surface area (Å²) >= 11 is 2.01. The van der Waals surface area contributed by atoms with Gasteiger partial charge in [-0.1, -0.05) is 32.6 Å². The molecule has 0 aromatic rings. The van der Waals surface area contributed by atoms with Gasteiger partial charge in [-0.3, -0.25) is 0 Å². The summed E-state index contributed by atoms with van der Waals surface area (Å²) in [7, 11) is 0. The number of hydrogen-bond acceptors (Lipinski definition) is 2. The van der Waals surface area contributed by atoms with Crippen LogP contribution in [0.4, 0.5) is 0 Å². The van der Waals surface area contributed by atoms with Crippen LogP contribution in [0.3, 0.4) is 0 Å². The summed E-state index contributed by atoms with van der Waals surface area (Å²) in [5, 5.41) is 0. The van der Waals surface area contributed by atoms with Crippen molar-refractivity contribution in [1.82, 2.24) is 0 Å². The summed E-state index contributed by atoms with van der Waals surface area (Å²) in [6.45, 7) is 4.33. The Morgan fingerprint density at radius 3 is 2.21 bits per heavy atom. The summed E-state index contributed by atoms with van der Waals surface area (Å²) < 4.78 is 12.1. The molecule has 110 valence electrons. The first-order valence-electron chi connectivity index (χ1n) is 7.51. The second-order valence-electron chi connectivity index (χ2n) is 4.60. The van der Waals surface area contributed by atoms with Crippen molar-refractivity contribution in [1.29, 1.82) is 0 Å². The van der Waals surface area contributed by atoms with Gasteiger partial charge < -0.3 is 12.4 Å². The first-order chi connectivity index (χ1) is 8.91. The van der Waals surface area contributed by atoms with E-state index in [9.17, 15) is 0 Å². The normalized spacial score (nSPS) is 10.9. The molecule has 0 aromatic carbocycles. The standard InChI is InChI=1S/C15H29O2.ClH.Mg/c1-3-5-7-9-10-12-14-17-15-16-13-11-8-6-4-2;;/h6,8H,2-5,7,9-15H2,1H3;1H;/q;;+1/p-1/b8-6-;;. The molecule has 19 heavy (non-hydrogen) atoms. The third-order valence-electron chi connectivity index (χ3n) is 2.78. The van der Waals surface area contributed by atoms with Crippen LogP contribution < -0.4 is 12.4 Å². The van der Waals surface area contributed by atoms with Gasteiger partial charge in [-0.15, -0.1) is 0 Å². The maximum Gasteiger partial charge on any atom is -1.00 e. The molecule has 0 atom stereocenters. The Morgan fingerprint density at radius 1 is 0.842 bits per heavy atom. The van der Waals surface area contributed by atoms with Crippen LogP contribution >= 0.6 is 0 Å². The van der Waals surface area contributed by atoms with Crippen LogP contribution in [0.5, 0.6) is 0 Å². The molecule has 0 aliphatic carbocycles. The van der Waals surface area contributed by atoms with E-state index in [1.165, 1.54) is 49.5 Å². The summed E-state index contributed by atoms with van der Waals surface area (Å²) in [5.41, 5.74) is 0. The van der Waals surface area contributed by atoms with Crippen LogP contribution in [0.15, 0.2) is 12.2 Å². The smallest absolute Gasteiger partial charge is 1.00 e. The minimum Gasteiger partial charge on any atom is -1.00 e. The van der Waals surface area contributed by atoms with Gasteiger partial charge in [0, 0.05) is 0 Å². The van der Waals surface area contributed by atoms with Crippen molar-refractivity contribution in [3.05, 3.63) is 12.2 Å². The van der Waals surface area contributed by atoms with Crippen molar-refractivity contribution in [2.45, 2.75) is 62.8 Å². The van der Waals surface area contributed by atoms with E-state index in [4.69, 9.17) is 9.47 Å². The van der Waals surface area contributed by atoms with Gasteiger partial charge in [-0.25, -0.2) is 0 Å². The molecule has 0 N–H and O–H groups in total. The van der Waals surface area contributed by atoms with Crippen molar-refractivity contribution in [2.75, 3.05) is 20.0 Å². The van der Waals surface area contributed by atoms with Gasteiger partial charge in [-0.05, 0) is 0 Å². The number of halogens is 1. The van der Waals surface area contributed by atoms with Crippen LogP contribution in [0, 0.1) is 0 Å². The second kappa shape index (κ2) is 21.0. The largest absolute Gasteiger partial charge is 1.00 e. The summed E-state index contributed by atoms with van der Waals surface area (Å²) in [6, 6.07) is 0. The summed E-state index contributed by atoms with van der Waals surface area (Å²) in [4.78, 5) is 0. The van der Waals surface area contributed by atoms with E-state index in [-0.39, 0.29) is 12.4 Å². The minimum atomic E-state index is 0. The topological polar surface area (TPSA) is 18.5 Å². The van der Waals surface area contributed by atoms with Gasteiger partial charge in [0.05, 0.1) is 0 Å². The maximum absolute atomic E-state index is 5.42. The molecule has 0 heterocycles. The van der Waals surface area contributed by atoms with E-state index in [0.717, 1.165) is 19.6 Å². The zero-order valence-electron chi connectivity index (χ0n) is 12.5. The van der Waals surface area contributed by atoms with Gasteiger partial charge >= 0.3 is 93.6 Å². The molecule has 0 aliphatic rings. The average molecular weight is 301 g/mol. The Morgan fingerprint density at radius 2 is 1.47 bits per heavy atom. The molecule has 0 bridgehead atoms. The summed E-state index contributed by atoms with van der Waals surface area (Å²) in [6.07, 6.45) is 14.5. The first kappa shape index (κ1) is 22.0. The van der Waals surface area contributed by atoms with Crippen LogP contribution in [0.1, 0.15) is 58.3 Å². The van der Waals surface area contributed by atoms with E-state index in [0.29, 0.717) is 6.79 Å². The predicted octanol–water partition coefficient (Wildman–Crippen LogP) is 1.26. The Labute approximate surface area is 138 Å². The van der Waals surface area contributed by atoms with Crippen molar-refractivity contribution >= 4 is 21.7 Å². The molecule has 0 unspecified atom stereocenters. The van der Waals surface area contributed by atoms with Crippen molar-refractivity contribution in [3.63, 3.8) is 0 Å². The molecule has 0 saturated heterocycles. The van der Waals surface area contributed by atoms with Gasteiger partial charge in [0.15, 0.2) is 0 Å². The third kappa shape index (κ3) is 21.2. The Kier molecular flexibility index (Phi) is 24.3. The molecule has 0 amide bonds. The fourth-order valence-corrected chi connectivity index (χ4v) is 1.90. The predicted molar refractivity (Wildman–Crippen MR) is 79.1 cm³/mol. The third-order valence-corrected chi connectivity index (χ3v) is 3.18. The molecule has 0 rings (SSSR count). The van der Waals surface area contributed by atoms with E-state index in [2.05, 4.69) is 19.1 Å². The maximum atomic E-state index is 5.42. The Hall–Kier alpha value is 0.716. The number of allylic oxidation sites excluding steroid dienone is 1. The van der Waals surface area contributed by atoms with Crippen LogP contribution in [0.25, 0.3) is 0 Å². The summed E-state index contributed by atoms with van der Waals surface area (Å²) in [5.74, 6) is 0. The van der Waals surface area contributed by atoms with Gasteiger partial charge in [0.2, 0.25) is 0 Å². The second-order valence-corrected chi connectivity index (χ2v) is 5.31. The molecular formula is C15H29ClMgO2. The molecule has 0 radical (unpaired) electrons. The van der Waals surface area contributed by atoms with E-state index in [1.807, 2.05) is 21.7 Å². The first-order valence-corrected chi connectivity index (χ1v) is 8.51. The van der Waals surface area contributed by atoms with E-state index in [1.54, 1.807) is 0 Å². The molecule has 0 fully saturated rings. The van der Waals surface area contributed by atoms with Crippen molar-refractivity contribution in [2.24, 2.45) is 0 Å². The number of rotatable bonds is 14. The zero-order chi connectivity index (χ0) is 13.3. The molecule has 0 aromatic heterocycles. The Balaban J connectivity index is 0. The Bertz CT molecular complexity index is 178. The average Bonchev–Trinajstić information content (AvgIpc) is 2.39. The quantitative estimate of drug-likeness (QED) is 0.208.